The Kier molecular flexibility index (Phi) is 7.61. The molecule has 2 unspecified atom stereocenters. The number of morpholine rings is 1. The van der Waals surface area contributed by atoms with Crippen molar-refractivity contribution in [2.24, 2.45) is 5.41 Å². The number of piperazine rings is 1. The maximum absolute atomic E-state index is 17.1. The average molecular weight is 718 g/mol. The highest BCUT2D eigenvalue weighted by Gasteiger charge is 2.49. The van der Waals surface area contributed by atoms with Crippen LogP contribution in [0.3, 0.4) is 0 Å². The van der Waals surface area contributed by atoms with E-state index in [1.165, 1.54) is 6.07 Å². The molecule has 0 radical (unpaired) electrons. The maximum atomic E-state index is 17.1. The van der Waals surface area contributed by atoms with Crippen molar-refractivity contribution in [1.29, 1.82) is 0 Å². The fourth-order valence-corrected chi connectivity index (χ4v) is 9.05. The van der Waals surface area contributed by atoms with Gasteiger partial charge >= 0.3 is 11.5 Å². The van der Waals surface area contributed by atoms with Gasteiger partial charge in [0.2, 0.25) is 0 Å². The molecule has 4 saturated heterocycles. The molecule has 3 aromatic carbocycles. The Morgan fingerprint density at radius 2 is 1.80 bits per heavy atom. The predicted octanol–water partition coefficient (Wildman–Crippen LogP) is 6.76. The lowest BCUT2D eigenvalue weighted by molar-refractivity contribution is -0.0328. The Labute approximate surface area is 287 Å². The first-order valence-corrected chi connectivity index (χ1v) is 17.6. The molecule has 264 valence electrons. The van der Waals surface area contributed by atoms with Gasteiger partial charge in [-0.15, -0.1) is 0 Å². The lowest BCUT2D eigenvalue weighted by Crippen LogP contribution is -2.51. The molecule has 4 atom stereocenters. The molecule has 0 amide bonds. The first-order valence-electron chi connectivity index (χ1n) is 16.8. The SMILES string of the molecule is Oc1cc(-c2c(SC(F)(F)F)cc3c(N4CC5CCC(C4)N5)nc(OCC4(CN5C[C@@H]6C[C@H]5CO6)CC4)nc3c2F)c2c(F)c(F)ccc2c1. The number of phenolic OH excluding ortho intramolecular Hbond substituents is 1. The van der Waals surface area contributed by atoms with Crippen molar-refractivity contribution in [3.63, 3.8) is 0 Å². The van der Waals surface area contributed by atoms with E-state index in [4.69, 9.17) is 14.5 Å². The summed E-state index contributed by atoms with van der Waals surface area (Å²) in [7, 11) is 0. The Morgan fingerprint density at radius 1 is 1.02 bits per heavy atom. The number of rotatable bonds is 8. The molecule has 5 aliphatic rings. The third-order valence-electron chi connectivity index (χ3n) is 10.9. The molecule has 4 bridgehead atoms. The monoisotopic (exact) mass is 717 g/mol. The number of aromatic hydroxyl groups is 1. The number of likely N-dealkylation sites (tertiary alicyclic amines) is 1. The fraction of sp³-hybridized carbons (Fsp3) is 0.486. The molecule has 1 aliphatic carbocycles. The Morgan fingerprint density at radius 3 is 2.48 bits per heavy atom. The summed E-state index contributed by atoms with van der Waals surface area (Å²) < 4.78 is 101. The zero-order valence-electron chi connectivity index (χ0n) is 26.7. The van der Waals surface area contributed by atoms with E-state index in [0.717, 1.165) is 69.5 Å². The molecule has 15 heteroatoms. The van der Waals surface area contributed by atoms with E-state index in [-0.39, 0.29) is 58.3 Å². The van der Waals surface area contributed by atoms with Gasteiger partial charge in [-0.3, -0.25) is 4.90 Å². The van der Waals surface area contributed by atoms with Gasteiger partial charge < -0.3 is 24.8 Å². The third-order valence-corrected chi connectivity index (χ3v) is 11.6. The standard InChI is InChI=1S/C35H33F6N5O3S/c36-25-4-1-17-7-21(47)9-23(27(17)29(25)37)28-26(50-35(39,40)41)10-24-31(30(28)38)43-33(44-32(24)45-11-18-2-3-19(12-45)42-18)49-16-34(5-6-34)15-46-13-22-8-20(46)14-48-22/h1,4,7,9-10,18-20,22,42,47H,2-3,5-6,8,11-16H2/t18?,19?,20-,22-/m0/s1. The highest BCUT2D eigenvalue weighted by atomic mass is 32.2. The van der Waals surface area contributed by atoms with Crippen LogP contribution < -0.4 is 15.0 Å². The normalized spacial score (nSPS) is 25.7. The summed E-state index contributed by atoms with van der Waals surface area (Å²) in [6, 6.07) is 5.76. The number of phenols is 1. The number of anilines is 1. The van der Waals surface area contributed by atoms with Gasteiger partial charge in [0.15, 0.2) is 17.5 Å². The summed E-state index contributed by atoms with van der Waals surface area (Å²) in [6.07, 6.45) is 4.98. The zero-order valence-corrected chi connectivity index (χ0v) is 27.5. The van der Waals surface area contributed by atoms with Crippen LogP contribution in [0.4, 0.5) is 32.2 Å². The highest BCUT2D eigenvalue weighted by molar-refractivity contribution is 8.00. The summed E-state index contributed by atoms with van der Waals surface area (Å²) in [5.41, 5.74) is -6.42. The van der Waals surface area contributed by atoms with Crippen molar-refractivity contribution >= 4 is 39.3 Å². The van der Waals surface area contributed by atoms with E-state index >= 15 is 8.78 Å². The number of hydrogen-bond acceptors (Lipinski definition) is 9. The number of aromatic nitrogens is 2. The van der Waals surface area contributed by atoms with E-state index < -0.39 is 61.9 Å². The molecule has 8 nitrogen and oxygen atoms in total. The maximum Gasteiger partial charge on any atom is 0.446 e. The van der Waals surface area contributed by atoms with Crippen LogP contribution in [0.25, 0.3) is 32.8 Å². The molecular formula is C35H33F6N5O3S. The second-order valence-corrected chi connectivity index (χ2v) is 15.5. The van der Waals surface area contributed by atoms with Crippen molar-refractivity contribution < 1.29 is 40.9 Å². The van der Waals surface area contributed by atoms with Gasteiger partial charge in [0.25, 0.3) is 0 Å². The molecule has 4 aliphatic heterocycles. The fourth-order valence-electron chi connectivity index (χ4n) is 8.32. The van der Waals surface area contributed by atoms with Crippen LogP contribution in [0.15, 0.2) is 35.2 Å². The van der Waals surface area contributed by atoms with Gasteiger partial charge in [-0.1, -0.05) is 6.07 Å². The van der Waals surface area contributed by atoms with E-state index in [1.54, 1.807) is 0 Å². The molecule has 5 heterocycles. The Balaban J connectivity index is 1.19. The van der Waals surface area contributed by atoms with Crippen molar-refractivity contribution in [3.05, 3.63) is 47.8 Å². The molecule has 2 N–H and O–H groups in total. The number of fused-ring (bicyclic) bond motifs is 6. The number of hydrogen-bond donors (Lipinski definition) is 2. The smallest absolute Gasteiger partial charge is 0.446 e. The topological polar surface area (TPSA) is 83.0 Å². The van der Waals surface area contributed by atoms with Gasteiger partial charge in [0.1, 0.15) is 17.1 Å². The minimum Gasteiger partial charge on any atom is -0.508 e. The predicted molar refractivity (Wildman–Crippen MR) is 175 cm³/mol. The van der Waals surface area contributed by atoms with Gasteiger partial charge in [-0.2, -0.15) is 23.1 Å². The van der Waals surface area contributed by atoms with Crippen molar-refractivity contribution in [1.82, 2.24) is 20.2 Å². The van der Waals surface area contributed by atoms with Crippen LogP contribution in [0.1, 0.15) is 32.1 Å². The molecule has 9 rings (SSSR count). The van der Waals surface area contributed by atoms with Gasteiger partial charge in [-0.05, 0) is 73.5 Å². The number of alkyl halides is 3. The molecule has 1 saturated carbocycles. The molecule has 50 heavy (non-hydrogen) atoms. The molecular weight excluding hydrogens is 684 g/mol. The summed E-state index contributed by atoms with van der Waals surface area (Å²) in [5, 5.41) is 13.6. The average Bonchev–Trinajstić information content (AvgIpc) is 3.32. The first-order chi connectivity index (χ1) is 23.9. The molecule has 5 fully saturated rings. The highest BCUT2D eigenvalue weighted by Crippen LogP contribution is 2.50. The summed E-state index contributed by atoms with van der Waals surface area (Å²) >= 11 is -0.578. The number of nitrogens with one attached hydrogen (secondary N) is 1. The molecule has 0 spiro atoms. The second kappa shape index (κ2) is 11.8. The van der Waals surface area contributed by atoms with Crippen LogP contribution in [0.2, 0.25) is 0 Å². The summed E-state index contributed by atoms with van der Waals surface area (Å²) in [4.78, 5) is 12.9. The Hall–Kier alpha value is -3.53. The lowest BCUT2D eigenvalue weighted by Gasteiger charge is -2.34. The van der Waals surface area contributed by atoms with E-state index in [2.05, 4.69) is 15.2 Å². The summed E-state index contributed by atoms with van der Waals surface area (Å²) in [5.74, 6) is -4.05. The van der Waals surface area contributed by atoms with E-state index in [1.807, 2.05) is 4.90 Å². The van der Waals surface area contributed by atoms with Gasteiger partial charge in [0, 0.05) is 76.5 Å². The van der Waals surface area contributed by atoms with Crippen LogP contribution in [0.5, 0.6) is 11.8 Å². The molecule has 4 aromatic rings. The van der Waals surface area contributed by atoms with Crippen LogP contribution in [-0.2, 0) is 4.74 Å². The quantitative estimate of drug-likeness (QED) is 0.152. The zero-order chi connectivity index (χ0) is 34.5. The number of halogens is 6. The largest absolute Gasteiger partial charge is 0.508 e. The van der Waals surface area contributed by atoms with Crippen LogP contribution in [0, 0.1) is 22.9 Å². The second-order valence-electron chi connectivity index (χ2n) is 14.4. The third kappa shape index (κ3) is 5.79. The van der Waals surface area contributed by atoms with Crippen molar-refractivity contribution in [3.8, 4) is 22.9 Å². The number of ether oxygens (including phenoxy) is 2. The van der Waals surface area contributed by atoms with Gasteiger partial charge in [0.05, 0.1) is 19.3 Å². The number of nitrogens with zero attached hydrogens (tertiary/aromatic N) is 4. The van der Waals surface area contributed by atoms with Crippen molar-refractivity contribution in [2.45, 2.75) is 66.7 Å². The van der Waals surface area contributed by atoms with Gasteiger partial charge in [-0.25, -0.2) is 13.2 Å². The summed E-state index contributed by atoms with van der Waals surface area (Å²) in [6.45, 7) is 3.68. The van der Waals surface area contributed by atoms with Crippen LogP contribution in [-0.4, -0.2) is 89.1 Å². The van der Waals surface area contributed by atoms with Crippen molar-refractivity contribution in [2.75, 3.05) is 44.3 Å². The first kappa shape index (κ1) is 32.4. The minimum absolute atomic E-state index is 0.0161. The minimum atomic E-state index is -4.87. The van der Waals surface area contributed by atoms with E-state index in [9.17, 15) is 22.7 Å². The Bertz CT molecular complexity index is 2020. The lowest BCUT2D eigenvalue weighted by atomic mass is 9.95. The number of thioether (sulfide) groups is 1. The van der Waals surface area contributed by atoms with E-state index in [0.29, 0.717) is 25.7 Å². The number of benzene rings is 3. The molecule has 1 aromatic heterocycles. The van der Waals surface area contributed by atoms with Crippen LogP contribution >= 0.6 is 11.8 Å².